The summed E-state index contributed by atoms with van der Waals surface area (Å²) in [6.45, 7) is 3.33. The maximum absolute atomic E-state index is 13.4. The second-order valence-corrected chi connectivity index (χ2v) is 7.92. The molecule has 31 heavy (non-hydrogen) atoms. The van der Waals surface area contributed by atoms with Crippen LogP contribution in [-0.2, 0) is 4.74 Å². The van der Waals surface area contributed by atoms with Crippen LogP contribution >= 0.6 is 0 Å². The van der Waals surface area contributed by atoms with Gasteiger partial charge in [-0.2, -0.15) is 0 Å². The van der Waals surface area contributed by atoms with E-state index >= 15 is 0 Å². The van der Waals surface area contributed by atoms with Crippen molar-refractivity contribution in [2.45, 2.75) is 18.4 Å². The molecule has 0 bridgehead atoms. The molecule has 3 aromatic carbocycles. The topological polar surface area (TPSA) is 21.7 Å². The molecular weight excluding hydrogens is 396 g/mol. The van der Waals surface area contributed by atoms with Crippen molar-refractivity contribution in [1.82, 2.24) is 4.90 Å². The number of methoxy groups -OCH3 is 1. The first-order valence-electron chi connectivity index (χ1n) is 10.6. The van der Waals surface area contributed by atoms with E-state index < -0.39 is 0 Å². The zero-order valence-corrected chi connectivity index (χ0v) is 17.6. The van der Waals surface area contributed by atoms with Crippen LogP contribution in [-0.4, -0.2) is 38.3 Å². The second kappa shape index (κ2) is 10.0. The summed E-state index contributed by atoms with van der Waals surface area (Å²) in [6.07, 6.45) is 0.741. The van der Waals surface area contributed by atoms with E-state index in [1.807, 2.05) is 12.1 Å². The lowest BCUT2D eigenvalue weighted by molar-refractivity contribution is 0.0641. The highest BCUT2D eigenvalue weighted by molar-refractivity contribution is 5.32. The van der Waals surface area contributed by atoms with Crippen molar-refractivity contribution in [3.8, 4) is 5.75 Å². The molecule has 4 rings (SSSR count). The van der Waals surface area contributed by atoms with Crippen molar-refractivity contribution in [2.24, 2.45) is 0 Å². The molecule has 3 aromatic rings. The van der Waals surface area contributed by atoms with Gasteiger partial charge < -0.3 is 14.4 Å². The summed E-state index contributed by atoms with van der Waals surface area (Å²) in [6, 6.07) is 20.9. The summed E-state index contributed by atoms with van der Waals surface area (Å²) in [5.74, 6) is 0.797. The standard InChI is InChI=1S/C26H27F2NO2/c1-30-25-4-2-3-21(17-25)22-13-14-29(18-22)15-16-31-26(19-5-9-23(27)10-6-19)20-7-11-24(28)12-8-20/h2-12,17,22,26H,13-16,18H2,1H3. The van der Waals surface area contributed by atoms with Crippen molar-refractivity contribution in [3.63, 3.8) is 0 Å². The average molecular weight is 424 g/mol. The number of halogens is 2. The van der Waals surface area contributed by atoms with Crippen LogP contribution < -0.4 is 4.74 Å². The average Bonchev–Trinajstić information content (AvgIpc) is 3.27. The first-order valence-corrected chi connectivity index (χ1v) is 10.6. The minimum Gasteiger partial charge on any atom is -0.497 e. The minimum absolute atomic E-state index is 0.290. The Bertz CT molecular complexity index is 930. The molecule has 1 aliphatic heterocycles. The second-order valence-electron chi connectivity index (χ2n) is 7.92. The van der Waals surface area contributed by atoms with E-state index in [0.717, 1.165) is 42.9 Å². The van der Waals surface area contributed by atoms with E-state index in [1.165, 1.54) is 29.8 Å². The first-order chi connectivity index (χ1) is 15.1. The molecule has 0 aliphatic carbocycles. The number of nitrogens with zero attached hydrogens (tertiary/aromatic N) is 1. The summed E-state index contributed by atoms with van der Waals surface area (Å²) < 4.78 is 38.3. The predicted molar refractivity (Wildman–Crippen MR) is 117 cm³/mol. The zero-order valence-electron chi connectivity index (χ0n) is 17.6. The summed E-state index contributed by atoms with van der Waals surface area (Å²) in [7, 11) is 1.69. The van der Waals surface area contributed by atoms with Gasteiger partial charge in [0.15, 0.2) is 0 Å². The number of ether oxygens (including phenoxy) is 2. The summed E-state index contributed by atoms with van der Waals surface area (Å²) in [4.78, 5) is 2.40. The van der Waals surface area contributed by atoms with Crippen LogP contribution in [0.25, 0.3) is 0 Å². The van der Waals surface area contributed by atoms with Crippen LogP contribution in [0.2, 0.25) is 0 Å². The largest absolute Gasteiger partial charge is 0.497 e. The molecule has 0 saturated carbocycles. The highest BCUT2D eigenvalue weighted by Crippen LogP contribution is 2.30. The fraction of sp³-hybridized carbons (Fsp3) is 0.308. The third-order valence-corrected chi connectivity index (χ3v) is 5.88. The van der Waals surface area contributed by atoms with Crippen LogP contribution in [0, 0.1) is 11.6 Å². The molecule has 0 aromatic heterocycles. The van der Waals surface area contributed by atoms with Crippen molar-refractivity contribution < 1.29 is 18.3 Å². The van der Waals surface area contributed by atoms with Crippen LogP contribution in [0.1, 0.15) is 35.1 Å². The van der Waals surface area contributed by atoms with Gasteiger partial charge >= 0.3 is 0 Å². The van der Waals surface area contributed by atoms with Crippen molar-refractivity contribution in [1.29, 1.82) is 0 Å². The molecule has 1 saturated heterocycles. The Morgan fingerprint density at radius 3 is 2.19 bits per heavy atom. The maximum Gasteiger partial charge on any atom is 0.123 e. The normalized spacial score (nSPS) is 16.7. The zero-order chi connectivity index (χ0) is 21.6. The van der Waals surface area contributed by atoms with Gasteiger partial charge in [0.25, 0.3) is 0 Å². The van der Waals surface area contributed by atoms with Crippen LogP contribution in [0.4, 0.5) is 8.78 Å². The Labute approximate surface area is 182 Å². The van der Waals surface area contributed by atoms with Gasteiger partial charge in [0, 0.05) is 13.1 Å². The summed E-state index contributed by atoms with van der Waals surface area (Å²) >= 11 is 0. The molecule has 1 unspecified atom stereocenters. The SMILES string of the molecule is COc1cccc(C2CCN(CCOC(c3ccc(F)cc3)c3ccc(F)cc3)C2)c1. The van der Waals surface area contributed by atoms with Gasteiger partial charge in [-0.15, -0.1) is 0 Å². The van der Waals surface area contributed by atoms with Crippen LogP contribution in [0.15, 0.2) is 72.8 Å². The molecule has 0 spiro atoms. The Morgan fingerprint density at radius 2 is 1.58 bits per heavy atom. The lowest BCUT2D eigenvalue weighted by Crippen LogP contribution is -2.26. The molecule has 1 aliphatic rings. The molecular formula is C26H27F2NO2. The third-order valence-electron chi connectivity index (χ3n) is 5.88. The van der Waals surface area contributed by atoms with E-state index in [1.54, 1.807) is 31.4 Å². The molecule has 5 heteroatoms. The Morgan fingerprint density at radius 1 is 0.935 bits per heavy atom. The molecule has 162 valence electrons. The van der Waals surface area contributed by atoms with E-state index in [2.05, 4.69) is 17.0 Å². The first kappa shape index (κ1) is 21.5. The smallest absolute Gasteiger partial charge is 0.123 e. The number of benzene rings is 3. The van der Waals surface area contributed by atoms with E-state index in [4.69, 9.17) is 9.47 Å². The van der Waals surface area contributed by atoms with Gasteiger partial charge in [0.2, 0.25) is 0 Å². The summed E-state index contributed by atoms with van der Waals surface area (Å²) in [5.41, 5.74) is 3.01. The predicted octanol–water partition coefficient (Wildman–Crippen LogP) is 5.57. The highest BCUT2D eigenvalue weighted by atomic mass is 19.1. The van der Waals surface area contributed by atoms with Crippen LogP contribution in [0.3, 0.4) is 0 Å². The lowest BCUT2D eigenvalue weighted by atomic mass is 9.98. The Kier molecular flexibility index (Phi) is 6.95. The van der Waals surface area contributed by atoms with E-state index in [-0.39, 0.29) is 17.7 Å². The molecule has 0 radical (unpaired) electrons. The van der Waals surface area contributed by atoms with E-state index in [0.29, 0.717) is 12.5 Å². The lowest BCUT2D eigenvalue weighted by Gasteiger charge is -2.22. The van der Waals surface area contributed by atoms with E-state index in [9.17, 15) is 8.78 Å². The van der Waals surface area contributed by atoms with Crippen molar-refractivity contribution >= 4 is 0 Å². The Hall–Kier alpha value is -2.76. The van der Waals surface area contributed by atoms with Gasteiger partial charge in [-0.3, -0.25) is 0 Å². The highest BCUT2D eigenvalue weighted by Gasteiger charge is 2.24. The Balaban J connectivity index is 1.37. The molecule has 3 nitrogen and oxygen atoms in total. The monoisotopic (exact) mass is 423 g/mol. The summed E-state index contributed by atoms with van der Waals surface area (Å²) in [5, 5.41) is 0. The molecule has 1 atom stereocenters. The van der Waals surface area contributed by atoms with Crippen LogP contribution in [0.5, 0.6) is 5.75 Å². The van der Waals surface area contributed by atoms with Gasteiger partial charge in [0.05, 0.1) is 13.7 Å². The molecule has 1 heterocycles. The van der Waals surface area contributed by atoms with Crippen molar-refractivity contribution in [2.75, 3.05) is 33.4 Å². The van der Waals surface area contributed by atoms with Crippen molar-refractivity contribution in [3.05, 3.63) is 101 Å². The van der Waals surface area contributed by atoms with Gasteiger partial charge in [0.1, 0.15) is 23.5 Å². The fourth-order valence-electron chi connectivity index (χ4n) is 4.16. The minimum atomic E-state index is -0.363. The number of rotatable bonds is 8. The van der Waals surface area contributed by atoms with Gasteiger partial charge in [-0.05, 0) is 72.0 Å². The fourth-order valence-corrected chi connectivity index (χ4v) is 4.16. The maximum atomic E-state index is 13.4. The number of likely N-dealkylation sites (tertiary alicyclic amines) is 1. The number of hydrogen-bond acceptors (Lipinski definition) is 3. The third kappa shape index (κ3) is 5.49. The molecule has 1 fully saturated rings. The van der Waals surface area contributed by atoms with Gasteiger partial charge in [-0.1, -0.05) is 36.4 Å². The number of hydrogen-bond donors (Lipinski definition) is 0. The molecule has 0 amide bonds. The molecule has 0 N–H and O–H groups in total. The quantitative estimate of drug-likeness (QED) is 0.473. The van der Waals surface area contributed by atoms with Gasteiger partial charge in [-0.25, -0.2) is 8.78 Å².